The molecule has 1 heterocycles. The Morgan fingerprint density at radius 2 is 1.59 bits per heavy atom. The molecule has 0 aliphatic carbocycles. The highest BCUT2D eigenvalue weighted by molar-refractivity contribution is 5.93. The maximum Gasteiger partial charge on any atom is 0.285 e. The number of benzene rings is 2. The van der Waals surface area contributed by atoms with E-state index < -0.39 is 5.92 Å². The highest BCUT2D eigenvalue weighted by Crippen LogP contribution is 2.31. The predicted molar refractivity (Wildman–Crippen MR) is 104 cm³/mol. The summed E-state index contributed by atoms with van der Waals surface area (Å²) in [7, 11) is 0. The third kappa shape index (κ3) is 4.72. The first-order valence-corrected chi connectivity index (χ1v) is 9.54. The average molecular weight is 372 g/mol. The lowest BCUT2D eigenvalue weighted by molar-refractivity contribution is -0.119. The molecule has 0 spiro atoms. The number of amides is 1. The number of alkyl halides is 2. The number of carbonyl (C=O) groups excluding carboxylic acids is 1. The molecule has 2 aromatic carbocycles. The molecule has 5 heteroatoms. The van der Waals surface area contributed by atoms with E-state index in [1.807, 2.05) is 47.1 Å². The summed E-state index contributed by atoms with van der Waals surface area (Å²) in [5.74, 6) is -2.79. The van der Waals surface area contributed by atoms with Crippen molar-refractivity contribution in [3.63, 3.8) is 0 Å². The maximum atomic E-state index is 14.5. The first-order valence-electron chi connectivity index (χ1n) is 9.54. The molecule has 0 atom stereocenters. The summed E-state index contributed by atoms with van der Waals surface area (Å²) in [6.45, 7) is 2.70. The number of piperidine rings is 1. The minimum atomic E-state index is -2.87. The van der Waals surface area contributed by atoms with Crippen molar-refractivity contribution in [2.75, 3.05) is 24.5 Å². The van der Waals surface area contributed by atoms with Gasteiger partial charge in [0.2, 0.25) is 5.91 Å². The molecular weight excluding hydrogens is 346 g/mol. The largest absolute Gasteiger partial charge is 0.309 e. The van der Waals surface area contributed by atoms with Gasteiger partial charge in [0, 0.05) is 36.8 Å². The van der Waals surface area contributed by atoms with Crippen molar-refractivity contribution in [1.29, 1.82) is 0 Å². The molecule has 3 nitrogen and oxygen atoms in total. The van der Waals surface area contributed by atoms with Crippen molar-refractivity contribution in [3.05, 3.63) is 66.2 Å². The Kier molecular flexibility index (Phi) is 6.22. The molecule has 0 aromatic heterocycles. The van der Waals surface area contributed by atoms with Gasteiger partial charge >= 0.3 is 0 Å². The fourth-order valence-corrected chi connectivity index (χ4v) is 3.71. The number of hydrogen-bond donors (Lipinski definition) is 0. The van der Waals surface area contributed by atoms with Gasteiger partial charge in [-0.3, -0.25) is 9.69 Å². The summed E-state index contributed by atoms with van der Waals surface area (Å²) < 4.78 is 29.1. The van der Waals surface area contributed by atoms with Crippen molar-refractivity contribution in [2.45, 2.75) is 38.2 Å². The highest BCUT2D eigenvalue weighted by atomic mass is 19.3. The van der Waals surface area contributed by atoms with Gasteiger partial charge < -0.3 is 4.90 Å². The maximum absolute atomic E-state index is 14.5. The zero-order valence-electron chi connectivity index (χ0n) is 15.7. The van der Waals surface area contributed by atoms with E-state index in [2.05, 4.69) is 0 Å². The molecule has 0 N–H and O–H groups in total. The number of likely N-dealkylation sites (tertiary alicyclic amines) is 1. The topological polar surface area (TPSA) is 23.6 Å². The van der Waals surface area contributed by atoms with Crippen LogP contribution in [0.2, 0.25) is 0 Å². The fourth-order valence-electron chi connectivity index (χ4n) is 3.71. The number of nitrogens with zero attached hydrogens (tertiary/aromatic N) is 2. The van der Waals surface area contributed by atoms with E-state index in [-0.39, 0.29) is 24.1 Å². The van der Waals surface area contributed by atoms with Crippen LogP contribution in [0.25, 0.3) is 0 Å². The number of para-hydroxylation sites is 1. The van der Waals surface area contributed by atoms with Crippen LogP contribution in [-0.2, 0) is 10.7 Å². The van der Waals surface area contributed by atoms with E-state index in [4.69, 9.17) is 0 Å². The van der Waals surface area contributed by atoms with Gasteiger partial charge in [-0.2, -0.15) is 8.78 Å². The summed E-state index contributed by atoms with van der Waals surface area (Å²) in [6, 6.07) is 17.7. The van der Waals surface area contributed by atoms with E-state index in [1.54, 1.807) is 18.2 Å². The van der Waals surface area contributed by atoms with Gasteiger partial charge in [0.25, 0.3) is 5.92 Å². The van der Waals surface area contributed by atoms with Crippen molar-refractivity contribution in [2.24, 2.45) is 0 Å². The van der Waals surface area contributed by atoms with E-state index in [0.717, 1.165) is 5.69 Å². The molecule has 3 rings (SSSR count). The number of rotatable bonds is 6. The predicted octanol–water partition coefficient (Wildman–Crippen LogP) is 4.69. The third-order valence-electron chi connectivity index (χ3n) is 5.15. The number of halogens is 2. The minimum Gasteiger partial charge on any atom is -0.309 e. The molecule has 1 saturated heterocycles. The normalized spacial score (nSPS) is 16.3. The molecule has 0 radical (unpaired) electrons. The third-order valence-corrected chi connectivity index (χ3v) is 5.15. The van der Waals surface area contributed by atoms with E-state index in [1.165, 1.54) is 12.1 Å². The minimum absolute atomic E-state index is 0.0548. The molecule has 1 fully saturated rings. The molecule has 1 amide bonds. The Balaban J connectivity index is 1.64. The van der Waals surface area contributed by atoms with Gasteiger partial charge in [0.05, 0.1) is 6.54 Å². The first kappa shape index (κ1) is 19.5. The number of carbonyl (C=O) groups is 1. The van der Waals surface area contributed by atoms with Gasteiger partial charge in [-0.15, -0.1) is 0 Å². The summed E-state index contributed by atoms with van der Waals surface area (Å²) in [5, 5.41) is 0. The van der Waals surface area contributed by atoms with Gasteiger partial charge in [-0.25, -0.2) is 0 Å². The first-order chi connectivity index (χ1) is 13.0. The van der Waals surface area contributed by atoms with Crippen LogP contribution in [-0.4, -0.2) is 36.5 Å². The van der Waals surface area contributed by atoms with E-state index in [9.17, 15) is 13.6 Å². The average Bonchev–Trinajstić information content (AvgIpc) is 2.70. The van der Waals surface area contributed by atoms with Gasteiger partial charge in [-0.1, -0.05) is 55.5 Å². The Hall–Kier alpha value is -2.27. The lowest BCUT2D eigenvalue weighted by atomic mass is 10.00. The monoisotopic (exact) mass is 372 g/mol. The van der Waals surface area contributed by atoms with Crippen LogP contribution in [0, 0.1) is 0 Å². The van der Waals surface area contributed by atoms with Crippen LogP contribution >= 0.6 is 0 Å². The molecule has 27 heavy (non-hydrogen) atoms. The van der Waals surface area contributed by atoms with Crippen molar-refractivity contribution in [3.8, 4) is 0 Å². The molecule has 1 aliphatic heterocycles. The van der Waals surface area contributed by atoms with Crippen LogP contribution in [0.5, 0.6) is 0 Å². The lowest BCUT2D eigenvalue weighted by Crippen LogP contribution is -2.49. The van der Waals surface area contributed by atoms with Crippen molar-refractivity contribution < 1.29 is 13.6 Å². The number of hydrogen-bond acceptors (Lipinski definition) is 2. The Morgan fingerprint density at radius 3 is 2.15 bits per heavy atom. The Morgan fingerprint density at radius 1 is 1.04 bits per heavy atom. The molecule has 1 aliphatic rings. The summed E-state index contributed by atoms with van der Waals surface area (Å²) in [4.78, 5) is 16.2. The van der Waals surface area contributed by atoms with Gasteiger partial charge in [0.15, 0.2) is 0 Å². The summed E-state index contributed by atoms with van der Waals surface area (Å²) in [5.41, 5.74) is 0.941. The highest BCUT2D eigenvalue weighted by Gasteiger charge is 2.36. The van der Waals surface area contributed by atoms with Crippen LogP contribution in [0.15, 0.2) is 60.7 Å². The Bertz CT molecular complexity index is 728. The SMILES string of the molecule is CCC(=O)N(c1ccccc1)C1CCN(CC(F)(F)c2ccccc2)CC1. The molecular formula is C22H26F2N2O. The van der Waals surface area contributed by atoms with Crippen LogP contribution in [0.4, 0.5) is 14.5 Å². The smallest absolute Gasteiger partial charge is 0.285 e. The second-order valence-corrected chi connectivity index (χ2v) is 7.03. The zero-order valence-corrected chi connectivity index (χ0v) is 15.7. The summed E-state index contributed by atoms with van der Waals surface area (Å²) in [6.07, 6.45) is 1.83. The van der Waals surface area contributed by atoms with Crippen LogP contribution in [0.3, 0.4) is 0 Å². The zero-order chi connectivity index (χ0) is 19.3. The van der Waals surface area contributed by atoms with Gasteiger partial charge in [-0.05, 0) is 25.0 Å². The van der Waals surface area contributed by atoms with Crippen LogP contribution in [0.1, 0.15) is 31.7 Å². The fraction of sp³-hybridized carbons (Fsp3) is 0.409. The van der Waals surface area contributed by atoms with Crippen molar-refractivity contribution >= 4 is 11.6 Å². The molecule has 0 unspecified atom stereocenters. The second-order valence-electron chi connectivity index (χ2n) is 7.03. The molecule has 2 aromatic rings. The lowest BCUT2D eigenvalue weighted by Gasteiger charge is -2.39. The Labute approximate surface area is 159 Å². The summed E-state index contributed by atoms with van der Waals surface area (Å²) >= 11 is 0. The van der Waals surface area contributed by atoms with Gasteiger partial charge in [0.1, 0.15) is 0 Å². The molecule has 0 bridgehead atoms. The number of anilines is 1. The molecule has 144 valence electrons. The quantitative estimate of drug-likeness (QED) is 0.735. The molecule has 0 saturated carbocycles. The van der Waals surface area contributed by atoms with E-state index >= 15 is 0 Å². The van der Waals surface area contributed by atoms with Crippen LogP contribution < -0.4 is 4.90 Å². The van der Waals surface area contributed by atoms with Crippen molar-refractivity contribution in [1.82, 2.24) is 4.90 Å². The standard InChI is InChI=1S/C22H26F2N2O/c1-2-21(27)26(19-11-7-4-8-12-19)20-13-15-25(16-14-20)17-22(23,24)18-9-5-3-6-10-18/h3-12,20H,2,13-17H2,1H3. The van der Waals surface area contributed by atoms with E-state index in [0.29, 0.717) is 32.4 Å². The second kappa shape index (κ2) is 8.61.